The predicted octanol–water partition coefficient (Wildman–Crippen LogP) is 4.04. The van der Waals surface area contributed by atoms with Crippen molar-refractivity contribution in [2.75, 3.05) is 5.32 Å². The first-order valence-corrected chi connectivity index (χ1v) is 9.36. The predicted molar refractivity (Wildman–Crippen MR) is 106 cm³/mol. The molecule has 1 aromatic carbocycles. The van der Waals surface area contributed by atoms with Gasteiger partial charge >= 0.3 is 11.9 Å². The smallest absolute Gasteiger partial charge is 0.386 e. The average molecular weight is 469 g/mol. The Morgan fingerprint density at radius 3 is 2.56 bits per heavy atom. The fourth-order valence-electron chi connectivity index (χ4n) is 2.83. The van der Waals surface area contributed by atoms with Crippen molar-refractivity contribution >= 4 is 17.4 Å². The summed E-state index contributed by atoms with van der Waals surface area (Å²) in [5, 5.41) is 10.7. The van der Waals surface area contributed by atoms with E-state index < -0.39 is 23.4 Å². The molecule has 4 aromatic rings. The molecule has 0 bridgehead atoms. The Labute approximate surface area is 182 Å². The highest BCUT2D eigenvalue weighted by Gasteiger charge is 2.37. The first-order valence-electron chi connectivity index (χ1n) is 8.98. The summed E-state index contributed by atoms with van der Waals surface area (Å²) in [5.74, 6) is -1.41. The van der Waals surface area contributed by atoms with E-state index in [9.17, 15) is 22.4 Å². The van der Waals surface area contributed by atoms with E-state index in [4.69, 9.17) is 16.0 Å². The molecule has 32 heavy (non-hydrogen) atoms. The van der Waals surface area contributed by atoms with Gasteiger partial charge in [-0.15, -0.1) is 5.10 Å². The minimum Gasteiger partial charge on any atom is -0.386 e. The minimum atomic E-state index is -4.75. The molecule has 0 amide bonds. The largest absolute Gasteiger partial charge is 0.437 e. The summed E-state index contributed by atoms with van der Waals surface area (Å²) in [6.45, 7) is 0.0241. The highest BCUT2D eigenvalue weighted by molar-refractivity contribution is 6.31. The van der Waals surface area contributed by atoms with Gasteiger partial charge in [0, 0.05) is 30.2 Å². The van der Waals surface area contributed by atoms with Crippen molar-refractivity contribution in [2.45, 2.75) is 12.7 Å². The Hall–Kier alpha value is -3.67. The van der Waals surface area contributed by atoms with E-state index in [-0.39, 0.29) is 40.2 Å². The monoisotopic (exact) mass is 468 g/mol. The van der Waals surface area contributed by atoms with E-state index in [1.165, 1.54) is 37.4 Å². The Kier molecular flexibility index (Phi) is 5.46. The topological polar surface area (TPSA) is 90.8 Å². The SMILES string of the molecule is Cn1nc(-c2cc(C(F)(F)F)n(-c3ccc(NCc4c(F)cccc4Cl)nc3)n2)oc1=O. The molecule has 0 spiro atoms. The number of nitrogens with zero attached hydrogens (tertiary/aromatic N) is 5. The van der Waals surface area contributed by atoms with Crippen molar-refractivity contribution in [3.8, 4) is 17.3 Å². The molecule has 0 saturated carbocycles. The number of rotatable bonds is 5. The molecular formula is C19H13ClF4N6O2. The molecule has 1 N–H and O–H groups in total. The lowest BCUT2D eigenvalue weighted by Gasteiger charge is -2.11. The third-order valence-corrected chi connectivity index (χ3v) is 4.76. The second-order valence-electron chi connectivity index (χ2n) is 6.58. The van der Waals surface area contributed by atoms with Crippen LogP contribution in [-0.2, 0) is 19.8 Å². The van der Waals surface area contributed by atoms with Gasteiger partial charge in [0.15, 0.2) is 5.69 Å². The van der Waals surface area contributed by atoms with E-state index in [0.717, 1.165) is 16.9 Å². The quantitative estimate of drug-likeness (QED) is 0.444. The number of benzene rings is 1. The molecule has 8 nitrogen and oxygen atoms in total. The molecule has 0 atom stereocenters. The molecule has 166 valence electrons. The molecule has 3 heterocycles. The van der Waals surface area contributed by atoms with Crippen molar-refractivity contribution < 1.29 is 22.0 Å². The van der Waals surface area contributed by atoms with Gasteiger partial charge in [0.05, 0.1) is 11.9 Å². The normalized spacial score (nSPS) is 11.7. The second-order valence-corrected chi connectivity index (χ2v) is 6.98. The van der Waals surface area contributed by atoms with Gasteiger partial charge in [-0.25, -0.2) is 18.9 Å². The zero-order valence-electron chi connectivity index (χ0n) is 16.2. The Morgan fingerprint density at radius 2 is 1.97 bits per heavy atom. The number of hydrogen-bond acceptors (Lipinski definition) is 6. The minimum absolute atomic E-state index is 0.00340. The van der Waals surface area contributed by atoms with Crippen molar-refractivity contribution in [2.24, 2.45) is 7.05 Å². The van der Waals surface area contributed by atoms with Crippen LogP contribution < -0.4 is 11.1 Å². The van der Waals surface area contributed by atoms with E-state index >= 15 is 0 Å². The van der Waals surface area contributed by atoms with Crippen LogP contribution in [0.2, 0.25) is 5.02 Å². The zero-order chi connectivity index (χ0) is 23.0. The molecule has 0 radical (unpaired) electrons. The molecule has 13 heteroatoms. The molecule has 0 aliphatic carbocycles. The van der Waals surface area contributed by atoms with Gasteiger partial charge in [0.2, 0.25) is 0 Å². The van der Waals surface area contributed by atoms with Crippen LogP contribution in [0.3, 0.4) is 0 Å². The summed E-state index contributed by atoms with van der Waals surface area (Å²) in [6, 6.07) is 7.75. The maximum absolute atomic E-state index is 13.9. The van der Waals surface area contributed by atoms with Crippen LogP contribution in [-0.4, -0.2) is 24.5 Å². The van der Waals surface area contributed by atoms with Crippen molar-refractivity contribution in [3.05, 3.63) is 75.2 Å². The van der Waals surface area contributed by atoms with E-state index in [0.29, 0.717) is 4.68 Å². The fraction of sp³-hybridized carbons (Fsp3) is 0.158. The number of halogens is 5. The Balaban J connectivity index is 1.62. The third-order valence-electron chi connectivity index (χ3n) is 4.41. The van der Waals surface area contributed by atoms with Crippen LogP contribution in [0.25, 0.3) is 17.3 Å². The summed E-state index contributed by atoms with van der Waals surface area (Å²) < 4.78 is 60.8. The van der Waals surface area contributed by atoms with Crippen LogP contribution in [0.5, 0.6) is 0 Å². The van der Waals surface area contributed by atoms with Gasteiger partial charge in [-0.05, 0) is 24.3 Å². The van der Waals surface area contributed by atoms with Crippen molar-refractivity contribution in [3.63, 3.8) is 0 Å². The molecule has 3 aromatic heterocycles. The first kappa shape index (κ1) is 21.6. The van der Waals surface area contributed by atoms with Crippen LogP contribution in [0.15, 0.2) is 51.8 Å². The number of pyridine rings is 1. The fourth-order valence-corrected chi connectivity index (χ4v) is 3.06. The number of aromatic nitrogens is 5. The van der Waals surface area contributed by atoms with Crippen molar-refractivity contribution in [1.29, 1.82) is 0 Å². The lowest BCUT2D eigenvalue weighted by atomic mass is 10.2. The van der Waals surface area contributed by atoms with Gasteiger partial charge in [-0.2, -0.15) is 23.0 Å². The third kappa shape index (κ3) is 4.21. The van der Waals surface area contributed by atoms with Crippen LogP contribution in [0.4, 0.5) is 23.4 Å². The standard InChI is InChI=1S/C19H13ClF4N6O2/c1-29-18(31)32-17(28-29)14-7-15(19(22,23)24)30(27-14)10-5-6-16(25-8-10)26-9-11-12(20)3-2-4-13(11)21/h2-8H,9H2,1H3,(H,25,26). The van der Waals surface area contributed by atoms with E-state index in [1.54, 1.807) is 0 Å². The Morgan fingerprint density at radius 1 is 1.19 bits per heavy atom. The average Bonchev–Trinajstić information content (AvgIpc) is 3.32. The lowest BCUT2D eigenvalue weighted by Crippen LogP contribution is -2.13. The number of nitrogens with one attached hydrogen (secondary N) is 1. The number of alkyl halides is 3. The molecular weight excluding hydrogens is 456 g/mol. The zero-order valence-corrected chi connectivity index (χ0v) is 16.9. The summed E-state index contributed by atoms with van der Waals surface area (Å²) in [5.41, 5.74) is -1.16. The summed E-state index contributed by atoms with van der Waals surface area (Å²) >= 11 is 5.97. The maximum atomic E-state index is 13.9. The second kappa shape index (κ2) is 8.11. The molecule has 4 rings (SSSR count). The van der Waals surface area contributed by atoms with E-state index in [1.807, 2.05) is 0 Å². The summed E-state index contributed by atoms with van der Waals surface area (Å²) in [6.07, 6.45) is -3.59. The van der Waals surface area contributed by atoms with Crippen molar-refractivity contribution in [1.82, 2.24) is 24.5 Å². The van der Waals surface area contributed by atoms with E-state index in [2.05, 4.69) is 20.5 Å². The number of anilines is 1. The van der Waals surface area contributed by atoms with Crippen LogP contribution >= 0.6 is 11.6 Å². The lowest BCUT2D eigenvalue weighted by molar-refractivity contribution is -0.142. The highest BCUT2D eigenvalue weighted by Crippen LogP contribution is 2.33. The summed E-state index contributed by atoms with van der Waals surface area (Å²) in [7, 11) is 1.29. The summed E-state index contributed by atoms with van der Waals surface area (Å²) in [4.78, 5) is 15.5. The molecule has 0 saturated heterocycles. The number of hydrogen-bond donors (Lipinski definition) is 1. The molecule has 0 fully saturated rings. The van der Waals surface area contributed by atoms with Gasteiger partial charge in [-0.3, -0.25) is 0 Å². The van der Waals surface area contributed by atoms with Gasteiger partial charge < -0.3 is 9.73 Å². The molecule has 0 unspecified atom stereocenters. The molecule has 0 aliphatic heterocycles. The van der Waals surface area contributed by atoms with Crippen LogP contribution in [0, 0.1) is 5.82 Å². The van der Waals surface area contributed by atoms with Crippen LogP contribution in [0.1, 0.15) is 11.3 Å². The first-order chi connectivity index (χ1) is 15.1. The van der Waals surface area contributed by atoms with Gasteiger partial charge in [0.1, 0.15) is 17.3 Å². The molecule has 0 aliphatic rings. The van der Waals surface area contributed by atoms with Gasteiger partial charge in [-0.1, -0.05) is 17.7 Å². The van der Waals surface area contributed by atoms with Gasteiger partial charge in [0.25, 0.3) is 5.89 Å². The Bertz CT molecular complexity index is 1310. The highest BCUT2D eigenvalue weighted by atomic mass is 35.5. The maximum Gasteiger partial charge on any atom is 0.437 e. The number of aryl methyl sites for hydroxylation is 1.